The maximum absolute atomic E-state index is 13.7. The Bertz CT molecular complexity index is 678. The van der Waals surface area contributed by atoms with Gasteiger partial charge in [-0.25, -0.2) is 4.39 Å². The molecular formula is C16H16ClFN2O. The minimum absolute atomic E-state index is 0.0106. The van der Waals surface area contributed by atoms with Crippen LogP contribution in [0.3, 0.4) is 0 Å². The summed E-state index contributed by atoms with van der Waals surface area (Å²) in [5.41, 5.74) is 8.28. The third kappa shape index (κ3) is 3.52. The van der Waals surface area contributed by atoms with Gasteiger partial charge in [0.25, 0.3) is 0 Å². The molecule has 3 N–H and O–H groups in total. The van der Waals surface area contributed by atoms with Crippen molar-refractivity contribution in [3.05, 3.63) is 63.4 Å². The van der Waals surface area contributed by atoms with E-state index in [0.29, 0.717) is 21.9 Å². The molecule has 0 saturated heterocycles. The summed E-state index contributed by atoms with van der Waals surface area (Å²) >= 11 is 5.72. The molecule has 21 heavy (non-hydrogen) atoms. The van der Waals surface area contributed by atoms with Gasteiger partial charge in [0.1, 0.15) is 24.0 Å². The number of nitrogens with two attached hydrogens (primary N) is 1. The van der Waals surface area contributed by atoms with Crippen LogP contribution in [-0.2, 0) is 6.61 Å². The van der Waals surface area contributed by atoms with Crippen LogP contribution in [0.1, 0.15) is 22.3 Å². The lowest BCUT2D eigenvalue weighted by Gasteiger charge is -2.14. The van der Waals surface area contributed by atoms with Crippen molar-refractivity contribution in [2.24, 2.45) is 5.73 Å². The van der Waals surface area contributed by atoms with Gasteiger partial charge >= 0.3 is 0 Å². The molecule has 0 atom stereocenters. The summed E-state index contributed by atoms with van der Waals surface area (Å²) in [6.07, 6.45) is 0. The number of nitrogens with one attached hydrogen (secondary N) is 1. The number of nitrogen functional groups attached to an aromatic ring is 1. The Balaban J connectivity index is 2.22. The standard InChI is InChI=1S/C16H16ClFN2O/c1-9-5-12(16(19)20)6-10(2)15(9)21-8-11-3-4-13(17)7-14(11)18/h3-7H,8H2,1-2H3,(H3,19,20). The zero-order valence-corrected chi connectivity index (χ0v) is 12.6. The van der Waals surface area contributed by atoms with Crippen LogP contribution in [0.5, 0.6) is 5.75 Å². The van der Waals surface area contributed by atoms with E-state index in [1.807, 2.05) is 13.8 Å². The normalized spacial score (nSPS) is 10.5. The van der Waals surface area contributed by atoms with Crippen LogP contribution < -0.4 is 10.5 Å². The number of amidine groups is 1. The van der Waals surface area contributed by atoms with Gasteiger partial charge < -0.3 is 10.5 Å². The topological polar surface area (TPSA) is 59.1 Å². The van der Waals surface area contributed by atoms with Crippen LogP contribution in [0.15, 0.2) is 30.3 Å². The number of rotatable bonds is 4. The van der Waals surface area contributed by atoms with Crippen molar-refractivity contribution in [3.8, 4) is 5.75 Å². The van der Waals surface area contributed by atoms with Crippen molar-refractivity contribution >= 4 is 17.4 Å². The molecule has 0 radical (unpaired) electrons. The molecule has 0 unspecified atom stereocenters. The van der Waals surface area contributed by atoms with Crippen molar-refractivity contribution in [2.45, 2.75) is 20.5 Å². The highest BCUT2D eigenvalue weighted by molar-refractivity contribution is 6.30. The molecule has 2 rings (SSSR count). The zero-order chi connectivity index (χ0) is 15.6. The van der Waals surface area contributed by atoms with Crippen molar-refractivity contribution in [1.29, 1.82) is 5.41 Å². The van der Waals surface area contributed by atoms with E-state index >= 15 is 0 Å². The van der Waals surface area contributed by atoms with Crippen LogP contribution in [-0.4, -0.2) is 5.84 Å². The third-order valence-electron chi connectivity index (χ3n) is 3.16. The molecule has 0 aliphatic carbocycles. The van der Waals surface area contributed by atoms with E-state index in [9.17, 15) is 4.39 Å². The molecule has 0 amide bonds. The fourth-order valence-corrected chi connectivity index (χ4v) is 2.28. The molecule has 0 aliphatic heterocycles. The minimum Gasteiger partial charge on any atom is -0.488 e. The lowest BCUT2D eigenvalue weighted by molar-refractivity contribution is 0.296. The third-order valence-corrected chi connectivity index (χ3v) is 3.39. The minimum atomic E-state index is -0.391. The highest BCUT2D eigenvalue weighted by atomic mass is 35.5. The Labute approximate surface area is 128 Å². The smallest absolute Gasteiger partial charge is 0.131 e. The van der Waals surface area contributed by atoms with Gasteiger partial charge in [-0.3, -0.25) is 5.41 Å². The summed E-state index contributed by atoms with van der Waals surface area (Å²) in [7, 11) is 0. The molecule has 0 heterocycles. The molecule has 2 aromatic carbocycles. The summed E-state index contributed by atoms with van der Waals surface area (Å²) in [5, 5.41) is 7.81. The van der Waals surface area contributed by atoms with Crippen LogP contribution in [0.25, 0.3) is 0 Å². The predicted molar refractivity (Wildman–Crippen MR) is 82.7 cm³/mol. The Hall–Kier alpha value is -2.07. The van der Waals surface area contributed by atoms with Crippen molar-refractivity contribution in [3.63, 3.8) is 0 Å². The fourth-order valence-electron chi connectivity index (χ4n) is 2.12. The quantitative estimate of drug-likeness (QED) is 0.663. The maximum atomic E-state index is 13.7. The van der Waals surface area contributed by atoms with Crippen LogP contribution in [0.2, 0.25) is 5.02 Å². The lowest BCUT2D eigenvalue weighted by atomic mass is 10.1. The zero-order valence-electron chi connectivity index (χ0n) is 11.8. The second-order valence-corrected chi connectivity index (χ2v) is 5.31. The first kappa shape index (κ1) is 15.3. The average Bonchev–Trinajstić information content (AvgIpc) is 2.39. The molecule has 0 saturated carbocycles. The van der Waals surface area contributed by atoms with Gasteiger partial charge in [-0.1, -0.05) is 17.7 Å². The van der Waals surface area contributed by atoms with Crippen LogP contribution in [0, 0.1) is 25.1 Å². The summed E-state index contributed by atoms with van der Waals surface area (Å²) in [6.45, 7) is 3.85. The first-order valence-corrected chi connectivity index (χ1v) is 6.78. The van der Waals surface area contributed by atoms with E-state index in [4.69, 9.17) is 27.5 Å². The molecule has 5 heteroatoms. The van der Waals surface area contributed by atoms with E-state index in [1.165, 1.54) is 6.07 Å². The molecule has 0 aliphatic rings. The predicted octanol–water partition coefficient (Wildman–Crippen LogP) is 3.96. The number of hydrogen-bond donors (Lipinski definition) is 2. The van der Waals surface area contributed by atoms with E-state index in [2.05, 4.69) is 0 Å². The summed E-state index contributed by atoms with van der Waals surface area (Å²) in [5.74, 6) is 0.295. The first-order chi connectivity index (χ1) is 9.88. The van der Waals surface area contributed by atoms with Gasteiger partial charge in [0.2, 0.25) is 0 Å². The Morgan fingerprint density at radius 3 is 2.38 bits per heavy atom. The molecule has 3 nitrogen and oxygen atoms in total. The monoisotopic (exact) mass is 306 g/mol. The van der Waals surface area contributed by atoms with E-state index in [1.54, 1.807) is 24.3 Å². The van der Waals surface area contributed by atoms with Gasteiger partial charge in [0.05, 0.1) is 0 Å². The highest BCUT2D eigenvalue weighted by Gasteiger charge is 2.10. The van der Waals surface area contributed by atoms with E-state index in [-0.39, 0.29) is 12.4 Å². The van der Waals surface area contributed by atoms with Gasteiger partial charge in [0.15, 0.2) is 0 Å². The summed E-state index contributed by atoms with van der Waals surface area (Å²) < 4.78 is 19.4. The molecule has 2 aromatic rings. The largest absolute Gasteiger partial charge is 0.488 e. The molecular weight excluding hydrogens is 291 g/mol. The second-order valence-electron chi connectivity index (χ2n) is 4.88. The van der Waals surface area contributed by atoms with Gasteiger partial charge in [-0.05, 0) is 49.2 Å². The van der Waals surface area contributed by atoms with E-state index in [0.717, 1.165) is 11.1 Å². The number of halogens is 2. The van der Waals surface area contributed by atoms with Crippen molar-refractivity contribution in [2.75, 3.05) is 0 Å². The molecule has 0 fully saturated rings. The van der Waals surface area contributed by atoms with Crippen molar-refractivity contribution < 1.29 is 9.13 Å². The van der Waals surface area contributed by atoms with Crippen LogP contribution >= 0.6 is 11.6 Å². The fraction of sp³-hybridized carbons (Fsp3) is 0.188. The van der Waals surface area contributed by atoms with E-state index < -0.39 is 5.82 Å². The van der Waals surface area contributed by atoms with Crippen LogP contribution in [0.4, 0.5) is 4.39 Å². The molecule has 0 bridgehead atoms. The number of ether oxygens (including phenoxy) is 1. The first-order valence-electron chi connectivity index (χ1n) is 6.41. The average molecular weight is 307 g/mol. The summed E-state index contributed by atoms with van der Waals surface area (Å²) in [6, 6.07) is 8.05. The number of aryl methyl sites for hydroxylation is 2. The van der Waals surface area contributed by atoms with Crippen molar-refractivity contribution in [1.82, 2.24) is 0 Å². The molecule has 0 aromatic heterocycles. The maximum Gasteiger partial charge on any atom is 0.131 e. The highest BCUT2D eigenvalue weighted by Crippen LogP contribution is 2.26. The Morgan fingerprint density at radius 2 is 1.86 bits per heavy atom. The second kappa shape index (κ2) is 6.14. The molecule has 110 valence electrons. The lowest BCUT2D eigenvalue weighted by Crippen LogP contribution is -2.12. The number of hydrogen-bond acceptors (Lipinski definition) is 2. The van der Waals surface area contributed by atoms with Gasteiger partial charge in [0, 0.05) is 16.1 Å². The summed E-state index contributed by atoms with van der Waals surface area (Å²) in [4.78, 5) is 0. The van der Waals surface area contributed by atoms with Gasteiger partial charge in [-0.15, -0.1) is 0 Å². The Morgan fingerprint density at radius 1 is 1.24 bits per heavy atom. The number of benzene rings is 2. The molecule has 0 spiro atoms. The Kier molecular flexibility index (Phi) is 4.48. The van der Waals surface area contributed by atoms with Gasteiger partial charge in [-0.2, -0.15) is 0 Å². The SMILES string of the molecule is Cc1cc(C(=N)N)cc(C)c1OCc1ccc(Cl)cc1F.